The van der Waals surface area contributed by atoms with Crippen molar-refractivity contribution >= 4 is 25.2 Å². The Bertz CT molecular complexity index is 1220. The van der Waals surface area contributed by atoms with E-state index in [9.17, 15) is 24.1 Å². The summed E-state index contributed by atoms with van der Waals surface area (Å²) < 4.78 is 37.1. The van der Waals surface area contributed by atoms with Crippen molar-refractivity contribution in [1.82, 2.24) is 9.55 Å². The number of hydrogen-bond donors (Lipinski definition) is 2. The normalized spacial score (nSPS) is 24.3. The zero-order chi connectivity index (χ0) is 26.6. The van der Waals surface area contributed by atoms with E-state index in [1.807, 2.05) is 0 Å². The minimum atomic E-state index is -3.96. The highest BCUT2D eigenvalue weighted by atomic mass is 35.5. The van der Waals surface area contributed by atoms with Gasteiger partial charge in [0, 0.05) is 11.8 Å². The molecule has 2 heterocycles. The second kappa shape index (κ2) is 11.7. The summed E-state index contributed by atoms with van der Waals surface area (Å²) in [7, 11) is -3.96. The van der Waals surface area contributed by atoms with Crippen LogP contribution in [-0.4, -0.2) is 57.1 Å². The lowest BCUT2D eigenvalue weighted by Gasteiger charge is -2.24. The average molecular weight is 545 g/mol. The summed E-state index contributed by atoms with van der Waals surface area (Å²) in [6, 6.07) is 8.30. The van der Waals surface area contributed by atoms with Gasteiger partial charge in [-0.05, 0) is 32.9 Å². The molecule has 0 bridgehead atoms. The molecule has 3 rings (SSSR count). The van der Waals surface area contributed by atoms with Gasteiger partial charge in [0.15, 0.2) is 6.23 Å². The quantitative estimate of drug-likeness (QED) is 0.262. The van der Waals surface area contributed by atoms with Crippen LogP contribution in [0, 0.1) is 12.8 Å². The molecule has 1 aromatic heterocycles. The molecule has 0 spiro atoms. The Hall–Kier alpha value is -2.43. The molecule has 1 fully saturated rings. The molecule has 1 saturated heterocycles. The first-order valence-corrected chi connectivity index (χ1v) is 13.5. The third kappa shape index (κ3) is 6.86. The van der Waals surface area contributed by atoms with Crippen LogP contribution < -0.4 is 15.8 Å². The molecular formula is C23H30ClN2O9P. The predicted molar refractivity (Wildman–Crippen MR) is 132 cm³/mol. The molecule has 0 radical (unpaired) electrons. The van der Waals surface area contributed by atoms with Crippen LogP contribution in [0.4, 0.5) is 0 Å². The molecule has 198 valence electrons. The molecule has 36 heavy (non-hydrogen) atoms. The number of H-pyrrole nitrogens is 1. The number of carbonyl (C=O) groups excluding carboxylic acids is 1. The van der Waals surface area contributed by atoms with E-state index in [0.29, 0.717) is 0 Å². The highest BCUT2D eigenvalue weighted by Gasteiger charge is 2.45. The zero-order valence-electron chi connectivity index (χ0n) is 20.3. The minimum absolute atomic E-state index is 0.249. The molecule has 0 amide bonds. The van der Waals surface area contributed by atoms with Gasteiger partial charge in [-0.2, -0.15) is 0 Å². The second-order valence-electron chi connectivity index (χ2n) is 8.86. The summed E-state index contributed by atoms with van der Waals surface area (Å²) in [5, 5.41) is 9.56. The van der Waals surface area contributed by atoms with Crippen LogP contribution in [0.1, 0.15) is 32.6 Å². The second-order valence-corrected chi connectivity index (χ2v) is 11.4. The number of esters is 1. The number of aliphatic hydroxyl groups is 1. The van der Waals surface area contributed by atoms with Gasteiger partial charge in [0.2, 0.25) is 0 Å². The molecule has 6 atom stereocenters. The van der Waals surface area contributed by atoms with E-state index in [2.05, 4.69) is 4.98 Å². The zero-order valence-corrected chi connectivity index (χ0v) is 22.0. The number of aryl methyl sites for hydroxylation is 1. The summed E-state index contributed by atoms with van der Waals surface area (Å²) in [6.07, 6.45) is -2.86. The largest absolute Gasteiger partial charge is 0.463 e. The van der Waals surface area contributed by atoms with Gasteiger partial charge in [0.05, 0.1) is 24.8 Å². The monoisotopic (exact) mass is 544 g/mol. The van der Waals surface area contributed by atoms with Crippen molar-refractivity contribution in [1.29, 1.82) is 0 Å². The minimum Gasteiger partial charge on any atom is -0.463 e. The third-order valence-corrected chi connectivity index (χ3v) is 7.89. The SMILES string of the molecule is Cc1cn([C@H]2O[C@@H](CO[P@@](=O)(C[C@@H](C)C(=O)OC(C)C)Oc3ccccc3)C(O)[C@H]2Cl)c(=O)[nH]c1=O. The molecule has 0 saturated carbocycles. The Labute approximate surface area is 212 Å². The summed E-state index contributed by atoms with van der Waals surface area (Å²) in [4.78, 5) is 38.4. The number of carbonyl (C=O) groups is 1. The lowest BCUT2D eigenvalue weighted by molar-refractivity contribution is -0.151. The number of alkyl halides is 1. The summed E-state index contributed by atoms with van der Waals surface area (Å²) in [6.45, 7) is 6.05. The fourth-order valence-electron chi connectivity index (χ4n) is 3.54. The molecule has 11 nitrogen and oxygen atoms in total. The maximum absolute atomic E-state index is 13.7. The number of nitrogens with zero attached hydrogens (tertiary/aromatic N) is 1. The van der Waals surface area contributed by atoms with Crippen LogP contribution in [0.15, 0.2) is 46.1 Å². The first-order valence-electron chi connectivity index (χ1n) is 11.4. The van der Waals surface area contributed by atoms with E-state index in [1.165, 1.54) is 13.1 Å². The average Bonchev–Trinajstić information content (AvgIpc) is 3.08. The van der Waals surface area contributed by atoms with E-state index in [1.54, 1.807) is 51.1 Å². The standard InChI is InChI=1S/C23H30ClN2O9P/c1-13(2)33-22(29)15(4)12-36(31,35-16-8-6-5-7-9-16)32-11-17-19(27)18(24)21(34-17)26-10-14(3)20(28)25-23(26)30/h5-10,13,15,17-19,21,27H,11-12H2,1-4H3,(H,25,28,30)/t15-,17+,18-,19?,21+,36+/m1/s1. The van der Waals surface area contributed by atoms with E-state index < -0.39 is 61.2 Å². The third-order valence-electron chi connectivity index (χ3n) is 5.39. The van der Waals surface area contributed by atoms with Crippen molar-refractivity contribution in [2.24, 2.45) is 5.92 Å². The fourth-order valence-corrected chi connectivity index (χ4v) is 5.76. The highest BCUT2D eigenvalue weighted by molar-refractivity contribution is 7.54. The number of ether oxygens (including phenoxy) is 2. The van der Waals surface area contributed by atoms with Crippen LogP contribution in [0.3, 0.4) is 0 Å². The van der Waals surface area contributed by atoms with Gasteiger partial charge in [-0.1, -0.05) is 25.1 Å². The van der Waals surface area contributed by atoms with Crippen molar-refractivity contribution in [2.75, 3.05) is 12.8 Å². The van der Waals surface area contributed by atoms with E-state index in [-0.39, 0.29) is 23.6 Å². The number of aromatic amines is 1. The smallest absolute Gasteiger partial charge is 0.380 e. The van der Waals surface area contributed by atoms with E-state index in [0.717, 1.165) is 4.57 Å². The number of rotatable bonds is 10. The van der Waals surface area contributed by atoms with Gasteiger partial charge in [0.25, 0.3) is 5.56 Å². The molecule has 0 aliphatic carbocycles. The van der Waals surface area contributed by atoms with Crippen molar-refractivity contribution < 1.29 is 33.0 Å². The fraction of sp³-hybridized carbons (Fsp3) is 0.522. The van der Waals surface area contributed by atoms with Crippen molar-refractivity contribution in [2.45, 2.75) is 57.6 Å². The van der Waals surface area contributed by atoms with Crippen LogP contribution in [-0.2, 0) is 23.4 Å². The summed E-state index contributed by atoms with van der Waals surface area (Å²) >= 11 is 6.33. The lowest BCUT2D eigenvalue weighted by Crippen LogP contribution is -2.36. The van der Waals surface area contributed by atoms with Gasteiger partial charge in [0.1, 0.15) is 23.3 Å². The van der Waals surface area contributed by atoms with E-state index in [4.69, 9.17) is 30.1 Å². The van der Waals surface area contributed by atoms with Crippen LogP contribution in [0.2, 0.25) is 0 Å². The number of aromatic nitrogens is 2. The number of nitrogens with one attached hydrogen (secondary N) is 1. The van der Waals surface area contributed by atoms with Gasteiger partial charge in [-0.25, -0.2) is 9.36 Å². The van der Waals surface area contributed by atoms with Gasteiger partial charge >= 0.3 is 19.3 Å². The number of aliphatic hydroxyl groups excluding tert-OH is 1. The van der Waals surface area contributed by atoms with Gasteiger partial charge in [-0.3, -0.25) is 23.7 Å². The molecule has 1 aliphatic rings. The van der Waals surface area contributed by atoms with Crippen molar-refractivity contribution in [3.05, 3.63) is 62.9 Å². The molecule has 1 unspecified atom stereocenters. The van der Waals surface area contributed by atoms with Crippen LogP contribution >= 0.6 is 19.2 Å². The predicted octanol–water partition coefficient (Wildman–Crippen LogP) is 2.59. The Morgan fingerprint density at radius 2 is 1.92 bits per heavy atom. The maximum Gasteiger partial charge on any atom is 0.380 e. The van der Waals surface area contributed by atoms with E-state index >= 15 is 0 Å². The van der Waals surface area contributed by atoms with Gasteiger partial charge < -0.3 is 19.1 Å². The van der Waals surface area contributed by atoms with Crippen molar-refractivity contribution in [3.63, 3.8) is 0 Å². The first-order chi connectivity index (χ1) is 16.9. The number of hydrogen-bond acceptors (Lipinski definition) is 9. The number of halogens is 1. The molecule has 2 aromatic rings. The first kappa shape index (κ1) is 28.1. The molecule has 1 aliphatic heterocycles. The molecule has 13 heteroatoms. The van der Waals surface area contributed by atoms with Crippen LogP contribution in [0.25, 0.3) is 0 Å². The topological polar surface area (TPSA) is 146 Å². The lowest BCUT2D eigenvalue weighted by atomic mass is 10.2. The summed E-state index contributed by atoms with van der Waals surface area (Å²) in [5.41, 5.74) is -1.06. The van der Waals surface area contributed by atoms with Crippen LogP contribution in [0.5, 0.6) is 5.75 Å². The Morgan fingerprint density at radius 1 is 1.25 bits per heavy atom. The number of benzene rings is 1. The maximum atomic E-state index is 13.7. The van der Waals surface area contributed by atoms with Gasteiger partial charge in [-0.15, -0.1) is 11.6 Å². The molecule has 2 N–H and O–H groups in total. The number of para-hydroxylation sites is 1. The molecule has 1 aromatic carbocycles. The molecular weight excluding hydrogens is 515 g/mol. The Balaban J connectivity index is 1.77. The Kier molecular flexibility index (Phi) is 9.18. The summed E-state index contributed by atoms with van der Waals surface area (Å²) in [5.74, 6) is -1.11. The van der Waals surface area contributed by atoms with Crippen molar-refractivity contribution in [3.8, 4) is 5.75 Å². The highest BCUT2D eigenvalue weighted by Crippen LogP contribution is 2.50. The Morgan fingerprint density at radius 3 is 2.56 bits per heavy atom.